The Hall–Kier alpha value is -3.08. The molecule has 0 atom stereocenters. The van der Waals surface area contributed by atoms with Gasteiger partial charge in [0.2, 0.25) is 0 Å². The number of H-pyrrole nitrogens is 1. The van der Waals surface area contributed by atoms with Gasteiger partial charge in [-0.3, -0.25) is 9.78 Å². The van der Waals surface area contributed by atoms with Crippen molar-refractivity contribution in [1.29, 1.82) is 0 Å². The van der Waals surface area contributed by atoms with Gasteiger partial charge in [-0.2, -0.15) is 0 Å². The molecule has 1 amide bonds. The van der Waals surface area contributed by atoms with E-state index in [0.717, 1.165) is 10.8 Å². The van der Waals surface area contributed by atoms with Gasteiger partial charge in [0.15, 0.2) is 0 Å². The molecule has 21 heavy (non-hydrogen) atoms. The minimum absolute atomic E-state index is 0.0502. The molecule has 0 fully saturated rings. The number of aromatic nitrogens is 2. The molecule has 2 heterocycles. The number of rotatable bonds is 1. The lowest BCUT2D eigenvalue weighted by molar-refractivity contribution is 0.100. The monoisotopic (exact) mass is 279 g/mol. The second-order valence-corrected chi connectivity index (χ2v) is 4.58. The highest BCUT2D eigenvalue weighted by atomic mass is 16.3. The summed E-state index contributed by atoms with van der Waals surface area (Å²) in [5.41, 5.74) is 7.03. The van der Waals surface area contributed by atoms with Crippen LogP contribution in [-0.4, -0.2) is 21.0 Å². The summed E-state index contributed by atoms with van der Waals surface area (Å²) in [6, 6.07) is 12.3. The van der Waals surface area contributed by atoms with Gasteiger partial charge in [-0.15, -0.1) is 0 Å². The van der Waals surface area contributed by atoms with Crippen molar-refractivity contribution in [3.8, 4) is 5.75 Å². The zero-order chi connectivity index (χ0) is 14.8. The minimum atomic E-state index is -0.556. The number of aromatic hydroxyl groups is 1. The molecule has 0 saturated heterocycles. The highest BCUT2D eigenvalue weighted by Gasteiger charge is 2.10. The first-order valence-corrected chi connectivity index (χ1v) is 6.39. The molecule has 3 aromatic rings. The van der Waals surface area contributed by atoms with Gasteiger partial charge in [-0.25, -0.2) is 0 Å². The van der Waals surface area contributed by atoms with Crippen LogP contribution in [0, 0.1) is 0 Å². The van der Waals surface area contributed by atoms with Crippen LogP contribution >= 0.6 is 0 Å². The molecular formula is C16H13N3O2. The summed E-state index contributed by atoms with van der Waals surface area (Å²) in [5.74, 6) is -0.506. The maximum absolute atomic E-state index is 11.7. The normalized spacial score (nSPS) is 10.5. The topological polar surface area (TPSA) is 92.0 Å². The molecule has 1 aromatic carbocycles. The smallest absolute Gasteiger partial charge is 0.250 e. The number of pyridine rings is 1. The fourth-order valence-corrected chi connectivity index (χ4v) is 2.27. The Kier molecular flexibility index (Phi) is 3.16. The van der Waals surface area contributed by atoms with Crippen LogP contribution in [-0.2, 0) is 0 Å². The first-order chi connectivity index (χ1) is 10.2. The number of nitrogens with one attached hydrogen (secondary N) is 1. The molecule has 0 saturated carbocycles. The highest BCUT2D eigenvalue weighted by Crippen LogP contribution is 2.25. The molecule has 4 N–H and O–H groups in total. The van der Waals surface area contributed by atoms with Crippen LogP contribution in [0.25, 0.3) is 21.8 Å². The molecule has 0 radical (unpaired) electrons. The van der Waals surface area contributed by atoms with E-state index < -0.39 is 5.91 Å². The summed E-state index contributed by atoms with van der Waals surface area (Å²) >= 11 is 0. The van der Waals surface area contributed by atoms with E-state index in [-0.39, 0.29) is 5.75 Å². The van der Waals surface area contributed by atoms with Gasteiger partial charge < -0.3 is 15.8 Å². The SMILES string of the molecule is NC(=O)c1cc2ncccc2c2ccccc(O)c[nH]c12. The number of amides is 1. The first-order valence-electron chi connectivity index (χ1n) is 6.39. The molecule has 5 heteroatoms. The van der Waals surface area contributed by atoms with Crippen molar-refractivity contribution in [1.82, 2.24) is 9.97 Å². The van der Waals surface area contributed by atoms with Crippen LogP contribution in [0.1, 0.15) is 10.4 Å². The van der Waals surface area contributed by atoms with Crippen molar-refractivity contribution < 1.29 is 9.90 Å². The zero-order valence-electron chi connectivity index (χ0n) is 11.1. The molecule has 0 aliphatic rings. The van der Waals surface area contributed by atoms with Gasteiger partial charge in [0.25, 0.3) is 5.91 Å². The van der Waals surface area contributed by atoms with E-state index in [4.69, 9.17) is 5.73 Å². The predicted molar refractivity (Wildman–Crippen MR) is 81.4 cm³/mol. The van der Waals surface area contributed by atoms with Gasteiger partial charge in [-0.1, -0.05) is 24.3 Å². The van der Waals surface area contributed by atoms with Crippen LogP contribution in [0.4, 0.5) is 0 Å². The Bertz CT molecular complexity index is 898. The summed E-state index contributed by atoms with van der Waals surface area (Å²) in [7, 11) is 0. The largest absolute Gasteiger partial charge is 0.506 e. The van der Waals surface area contributed by atoms with E-state index in [1.54, 1.807) is 30.5 Å². The number of nitrogens with zero attached hydrogens (tertiary/aromatic N) is 1. The summed E-state index contributed by atoms with van der Waals surface area (Å²) in [4.78, 5) is 18.9. The number of aromatic amines is 1. The van der Waals surface area contributed by atoms with E-state index in [0.29, 0.717) is 16.6 Å². The van der Waals surface area contributed by atoms with Gasteiger partial charge in [0.1, 0.15) is 5.75 Å². The number of benzene rings is 1. The Labute approximate surface area is 120 Å². The van der Waals surface area contributed by atoms with Crippen LogP contribution in [0.5, 0.6) is 5.75 Å². The lowest BCUT2D eigenvalue weighted by Crippen LogP contribution is -2.12. The number of carbonyl (C=O) groups is 1. The fourth-order valence-electron chi connectivity index (χ4n) is 2.27. The lowest BCUT2D eigenvalue weighted by atomic mass is 10.0. The zero-order valence-corrected chi connectivity index (χ0v) is 11.1. The van der Waals surface area contributed by atoms with E-state index in [2.05, 4.69) is 9.97 Å². The van der Waals surface area contributed by atoms with E-state index in [1.165, 1.54) is 6.20 Å². The third kappa shape index (κ3) is 2.36. The van der Waals surface area contributed by atoms with Crippen molar-refractivity contribution >= 4 is 27.7 Å². The quantitative estimate of drug-likeness (QED) is 0.639. The summed E-state index contributed by atoms with van der Waals surface area (Å²) < 4.78 is 0. The molecular weight excluding hydrogens is 266 g/mol. The summed E-state index contributed by atoms with van der Waals surface area (Å²) in [5, 5.41) is 11.3. The predicted octanol–water partition coefficient (Wildman–Crippen LogP) is 2.64. The molecule has 5 nitrogen and oxygen atoms in total. The number of primary amides is 1. The Morgan fingerprint density at radius 2 is 1.90 bits per heavy atom. The first kappa shape index (κ1) is 12.9. The molecule has 104 valence electrons. The molecule has 3 rings (SSSR count). The molecule has 0 aliphatic carbocycles. The second-order valence-electron chi connectivity index (χ2n) is 4.58. The molecule has 2 aromatic heterocycles. The number of fused-ring (bicyclic) bond motifs is 3. The third-order valence-electron chi connectivity index (χ3n) is 3.22. The Balaban J connectivity index is 2.60. The van der Waals surface area contributed by atoms with Crippen LogP contribution in [0.15, 0.2) is 54.9 Å². The Morgan fingerprint density at radius 1 is 1.14 bits per heavy atom. The lowest BCUT2D eigenvalue weighted by Gasteiger charge is -2.05. The van der Waals surface area contributed by atoms with Crippen molar-refractivity contribution in [2.24, 2.45) is 5.73 Å². The van der Waals surface area contributed by atoms with Crippen LogP contribution in [0.2, 0.25) is 0 Å². The average Bonchev–Trinajstić information content (AvgIpc) is 2.57. The van der Waals surface area contributed by atoms with Gasteiger partial charge in [0.05, 0.1) is 16.6 Å². The van der Waals surface area contributed by atoms with Crippen LogP contribution in [0.3, 0.4) is 0 Å². The minimum Gasteiger partial charge on any atom is -0.506 e. The van der Waals surface area contributed by atoms with Gasteiger partial charge in [-0.05, 0) is 18.2 Å². The number of hydrogen-bond donors (Lipinski definition) is 3. The number of nitrogens with two attached hydrogens (primary N) is 1. The molecule has 0 bridgehead atoms. The third-order valence-corrected chi connectivity index (χ3v) is 3.22. The fraction of sp³-hybridized carbons (Fsp3) is 0. The van der Waals surface area contributed by atoms with Crippen LogP contribution < -0.4 is 5.73 Å². The van der Waals surface area contributed by atoms with Gasteiger partial charge in [0, 0.05) is 23.2 Å². The van der Waals surface area contributed by atoms with Crippen molar-refractivity contribution in [2.45, 2.75) is 0 Å². The molecule has 0 unspecified atom stereocenters. The number of hydrogen-bond acceptors (Lipinski definition) is 3. The van der Waals surface area contributed by atoms with E-state index >= 15 is 0 Å². The highest BCUT2D eigenvalue weighted by molar-refractivity contribution is 6.14. The maximum atomic E-state index is 11.7. The van der Waals surface area contributed by atoms with Crippen molar-refractivity contribution in [2.75, 3.05) is 0 Å². The average molecular weight is 279 g/mol. The van der Waals surface area contributed by atoms with Crippen molar-refractivity contribution in [3.63, 3.8) is 0 Å². The summed E-state index contributed by atoms with van der Waals surface area (Å²) in [6.07, 6.45) is 3.08. The van der Waals surface area contributed by atoms with E-state index in [9.17, 15) is 9.90 Å². The second kappa shape index (κ2) is 5.13. The Morgan fingerprint density at radius 3 is 2.71 bits per heavy atom. The number of carbonyl (C=O) groups excluding carboxylic acids is 1. The van der Waals surface area contributed by atoms with E-state index in [1.807, 2.05) is 18.2 Å². The summed E-state index contributed by atoms with van der Waals surface area (Å²) in [6.45, 7) is 0. The molecule has 0 spiro atoms. The van der Waals surface area contributed by atoms with Gasteiger partial charge >= 0.3 is 0 Å². The maximum Gasteiger partial charge on any atom is 0.250 e. The molecule has 0 aliphatic heterocycles. The standard InChI is InChI=1S/C16H13N3O2/c17-16(21)13-8-14-11(6-3-7-18-14)12-5-2-1-4-10(20)9-19-15(12)13/h1-9,19-20H,(H2,17,21). The van der Waals surface area contributed by atoms with Crippen molar-refractivity contribution in [3.05, 3.63) is 60.4 Å².